The Labute approximate surface area is 242 Å². The molecule has 2 amide bonds. The number of fused-ring (bicyclic) bond motifs is 1. The van der Waals surface area contributed by atoms with Crippen molar-refractivity contribution in [3.63, 3.8) is 0 Å². The lowest BCUT2D eigenvalue weighted by molar-refractivity contribution is -0.671. The van der Waals surface area contributed by atoms with Crippen LogP contribution in [0.2, 0.25) is 0 Å². The Hall–Kier alpha value is -3.54. The Kier molecular flexibility index (Phi) is 6.76. The molecule has 0 unspecified atom stereocenters. The number of carboxylic acid groups (broad SMARTS) is 1. The SMILES string of the molecule is [2H][13C]([2H])([2H])[n+]1ccc(-c2csc(SC3=C(C(=O)O)N4C(=O)[C@@H](NC(=O)/C(=N\OCC)c5nsc(N)n5)[C@H]4SC3)n2)cc1. The lowest BCUT2D eigenvalue weighted by Crippen LogP contribution is -2.71. The van der Waals surface area contributed by atoms with E-state index in [1.54, 1.807) is 24.4 Å². The molecular formula is C22H21N8O5S4+. The molecule has 2 aliphatic heterocycles. The van der Waals surface area contributed by atoms with Crippen LogP contribution in [0.3, 0.4) is 0 Å². The summed E-state index contributed by atoms with van der Waals surface area (Å²) < 4.78 is 28.1. The van der Waals surface area contributed by atoms with Crippen molar-refractivity contribution in [1.29, 1.82) is 0 Å². The van der Waals surface area contributed by atoms with Crippen LogP contribution in [0.15, 0.2) is 50.0 Å². The van der Waals surface area contributed by atoms with E-state index in [-0.39, 0.29) is 34.7 Å². The van der Waals surface area contributed by atoms with Crippen LogP contribution in [0.25, 0.3) is 11.3 Å². The summed E-state index contributed by atoms with van der Waals surface area (Å²) in [6.07, 6.45) is 2.88. The molecule has 13 nitrogen and oxygen atoms in total. The van der Waals surface area contributed by atoms with Gasteiger partial charge in [-0.05, 0) is 6.92 Å². The number of carbonyl (C=O) groups excluding carboxylic acids is 2. The number of hydrogen-bond donors (Lipinski definition) is 3. The molecule has 1 fully saturated rings. The van der Waals surface area contributed by atoms with Gasteiger partial charge in [-0.1, -0.05) is 16.9 Å². The largest absolute Gasteiger partial charge is 0.477 e. The molecular weight excluding hydrogens is 586 g/mol. The zero-order valence-electron chi connectivity index (χ0n) is 22.9. The minimum absolute atomic E-state index is 0.0528. The quantitative estimate of drug-likeness (QED) is 0.105. The summed E-state index contributed by atoms with van der Waals surface area (Å²) in [7, 11) is 0. The number of aromatic nitrogens is 4. The topological polar surface area (TPSA) is 177 Å². The van der Waals surface area contributed by atoms with Gasteiger partial charge in [0.1, 0.15) is 34.8 Å². The Balaban J connectivity index is 1.31. The maximum absolute atomic E-state index is 13.1. The Morgan fingerprint density at radius 2 is 2.21 bits per heavy atom. The molecule has 3 aromatic rings. The standard InChI is InChI=1S/C22H20N8O5S4/c1-3-35-27-13(16-26-21(23)39-28-16)17(31)25-14-18(32)30-15(20(33)34)12(9-36-19(14)30)38-22-24-11(8-37-22)10-4-6-29(2)7-5-10/h4-8,14,19H,3,9H2,1-2H3,(H3-,23,25,26,28,31,33,34)/p+1/b27-13-/t14-,19-/m1/s1/i2+1D3. The lowest BCUT2D eigenvalue weighted by atomic mass is 10.0. The van der Waals surface area contributed by atoms with Gasteiger partial charge in [-0.2, -0.15) is 9.36 Å². The number of carboxylic acids is 1. The number of oxime groups is 1. The fourth-order valence-corrected chi connectivity index (χ4v) is 7.56. The second kappa shape index (κ2) is 11.3. The van der Waals surface area contributed by atoms with Gasteiger partial charge in [-0.15, -0.1) is 23.1 Å². The number of anilines is 1. The maximum atomic E-state index is 13.1. The van der Waals surface area contributed by atoms with Crippen LogP contribution in [0.4, 0.5) is 5.13 Å². The van der Waals surface area contributed by atoms with Crippen LogP contribution in [0.5, 0.6) is 0 Å². The molecule has 2 atom stereocenters. The van der Waals surface area contributed by atoms with Crippen LogP contribution >= 0.6 is 46.4 Å². The molecule has 5 rings (SSSR count). The number of rotatable bonds is 9. The summed E-state index contributed by atoms with van der Waals surface area (Å²) in [5.41, 5.74) is 6.49. The molecule has 5 heterocycles. The van der Waals surface area contributed by atoms with Gasteiger partial charge < -0.3 is 21.0 Å². The molecule has 1 saturated heterocycles. The molecule has 0 saturated carbocycles. The van der Waals surface area contributed by atoms with Gasteiger partial charge in [-0.25, -0.2) is 14.3 Å². The molecule has 2 aliphatic rings. The van der Waals surface area contributed by atoms with E-state index < -0.39 is 36.2 Å². The number of thioether (sulfide) groups is 2. The molecule has 0 aromatic carbocycles. The number of carbonyl (C=O) groups is 3. The smallest absolute Gasteiger partial charge is 0.353 e. The summed E-state index contributed by atoms with van der Waals surface area (Å²) in [6, 6.07) is 2.26. The third-order valence-corrected chi connectivity index (χ3v) is 9.42. The summed E-state index contributed by atoms with van der Waals surface area (Å²) in [6.45, 7) is -0.441. The van der Waals surface area contributed by atoms with Crippen LogP contribution in [0, 0.1) is 0 Å². The van der Waals surface area contributed by atoms with Gasteiger partial charge in [0, 0.05) is 45.3 Å². The highest BCUT2D eigenvalue weighted by atomic mass is 32.2. The fourth-order valence-electron chi connectivity index (χ4n) is 3.66. The lowest BCUT2D eigenvalue weighted by Gasteiger charge is -2.49. The summed E-state index contributed by atoms with van der Waals surface area (Å²) in [5.74, 6) is -2.43. The highest BCUT2D eigenvalue weighted by molar-refractivity contribution is 8.07. The number of nitrogens with two attached hydrogens (primary N) is 1. The van der Waals surface area contributed by atoms with E-state index in [1.165, 1.54) is 35.5 Å². The minimum atomic E-state index is -2.29. The molecule has 39 heavy (non-hydrogen) atoms. The van der Waals surface area contributed by atoms with E-state index in [0.717, 1.165) is 32.8 Å². The predicted molar refractivity (Wildman–Crippen MR) is 147 cm³/mol. The number of nitrogen functional groups attached to an aromatic ring is 1. The number of aliphatic carboxylic acids is 1. The molecule has 0 spiro atoms. The van der Waals surface area contributed by atoms with E-state index in [0.29, 0.717) is 20.5 Å². The van der Waals surface area contributed by atoms with E-state index in [4.69, 9.17) is 14.7 Å². The number of hydrogen-bond acceptors (Lipinski definition) is 13. The number of aryl methyl sites for hydroxylation is 1. The monoisotopic (exact) mass is 609 g/mol. The number of pyridine rings is 1. The maximum Gasteiger partial charge on any atom is 0.353 e. The molecule has 202 valence electrons. The molecule has 4 N–H and O–H groups in total. The van der Waals surface area contributed by atoms with Crippen molar-refractivity contribution < 1.29 is 33.0 Å². The zero-order chi connectivity index (χ0) is 30.2. The number of β-lactam (4-membered cyclic amide) rings is 1. The summed E-state index contributed by atoms with van der Waals surface area (Å²) >= 11 is 4.60. The molecule has 0 bridgehead atoms. The molecule has 17 heteroatoms. The van der Waals surface area contributed by atoms with Crippen molar-refractivity contribution in [1.82, 2.24) is 24.6 Å². The van der Waals surface area contributed by atoms with Gasteiger partial charge in [0.05, 0.1) is 5.69 Å². The third kappa shape index (κ3) is 5.47. The first kappa shape index (κ1) is 23.4. The second-order valence-electron chi connectivity index (χ2n) is 7.85. The van der Waals surface area contributed by atoms with Crippen molar-refractivity contribution in [3.8, 4) is 11.3 Å². The van der Waals surface area contributed by atoms with Gasteiger partial charge in [-0.3, -0.25) is 14.5 Å². The van der Waals surface area contributed by atoms with Crippen LogP contribution in [0.1, 0.15) is 16.9 Å². The zero-order valence-corrected chi connectivity index (χ0v) is 23.2. The van der Waals surface area contributed by atoms with Crippen molar-refractivity contribution in [2.75, 3.05) is 18.1 Å². The number of nitrogens with zero attached hydrogens (tertiary/aromatic N) is 6. The van der Waals surface area contributed by atoms with Gasteiger partial charge in [0.2, 0.25) is 11.5 Å². The fraction of sp³-hybridized carbons (Fsp3) is 0.273. The van der Waals surface area contributed by atoms with E-state index >= 15 is 0 Å². The van der Waals surface area contributed by atoms with Gasteiger partial charge >= 0.3 is 5.97 Å². The van der Waals surface area contributed by atoms with Crippen molar-refractivity contribution in [2.24, 2.45) is 12.1 Å². The molecule has 3 aromatic heterocycles. The molecule has 0 aliphatic carbocycles. The first-order valence-corrected chi connectivity index (χ1v) is 14.7. The number of nitrogens with one attached hydrogen (secondary N) is 1. The van der Waals surface area contributed by atoms with E-state index in [9.17, 15) is 19.5 Å². The number of thiazole rings is 1. The Morgan fingerprint density at radius 3 is 2.87 bits per heavy atom. The predicted octanol–water partition coefficient (Wildman–Crippen LogP) is 1.30. The molecule has 0 radical (unpaired) electrons. The average molecular weight is 610 g/mol. The summed E-state index contributed by atoms with van der Waals surface area (Å²) in [5, 5.41) is 17.6. The van der Waals surface area contributed by atoms with E-state index in [2.05, 4.69) is 24.8 Å². The van der Waals surface area contributed by atoms with Gasteiger partial charge in [0.15, 0.2) is 21.9 Å². The highest BCUT2D eigenvalue weighted by Gasteiger charge is 2.54. The normalized spacial score (nSPS) is 20.4. The number of amides is 2. The first-order valence-electron chi connectivity index (χ1n) is 12.6. The highest BCUT2D eigenvalue weighted by Crippen LogP contribution is 2.46. The van der Waals surface area contributed by atoms with Crippen LogP contribution in [-0.2, 0) is 26.2 Å². The minimum Gasteiger partial charge on any atom is -0.477 e. The second-order valence-corrected chi connectivity index (χ2v) is 11.9. The Bertz CT molecular complexity index is 1610. The van der Waals surface area contributed by atoms with Crippen LogP contribution in [-0.4, -0.2) is 71.6 Å². The Morgan fingerprint density at radius 1 is 1.41 bits per heavy atom. The van der Waals surface area contributed by atoms with E-state index in [1.807, 2.05) is 0 Å². The van der Waals surface area contributed by atoms with Crippen LogP contribution < -0.4 is 15.6 Å². The van der Waals surface area contributed by atoms with Crippen molar-refractivity contribution in [2.45, 2.75) is 22.7 Å². The average Bonchev–Trinajstić information content (AvgIpc) is 3.60. The third-order valence-electron chi connectivity index (χ3n) is 5.39. The first-order chi connectivity index (χ1) is 20.0. The van der Waals surface area contributed by atoms with Crippen molar-refractivity contribution in [3.05, 3.63) is 46.3 Å². The van der Waals surface area contributed by atoms with Gasteiger partial charge in [0.25, 0.3) is 11.8 Å². The van der Waals surface area contributed by atoms with Crippen molar-refractivity contribution >= 4 is 75.0 Å². The summed E-state index contributed by atoms with van der Waals surface area (Å²) in [4.78, 5) is 53.5.